The molecule has 1 atom stereocenters. The Labute approximate surface area is 106 Å². The SMILES string of the molecule is CCC(CC)NC(=O)C(C)NCCCC1CC1. The number of carbonyl (C=O) groups is 1. The topological polar surface area (TPSA) is 41.1 Å². The van der Waals surface area contributed by atoms with Gasteiger partial charge in [0, 0.05) is 6.04 Å². The minimum absolute atomic E-state index is 0.0604. The van der Waals surface area contributed by atoms with Crippen molar-refractivity contribution in [3.8, 4) is 0 Å². The van der Waals surface area contributed by atoms with Crippen molar-refractivity contribution in [3.63, 3.8) is 0 Å². The number of carbonyl (C=O) groups excluding carboxylic acids is 1. The van der Waals surface area contributed by atoms with Gasteiger partial charge in [-0.2, -0.15) is 0 Å². The van der Waals surface area contributed by atoms with Crippen molar-refractivity contribution in [1.29, 1.82) is 0 Å². The molecule has 1 aliphatic carbocycles. The summed E-state index contributed by atoms with van der Waals surface area (Å²) in [4.78, 5) is 11.8. The molecular formula is C14H28N2O. The molecule has 2 N–H and O–H groups in total. The molecule has 1 unspecified atom stereocenters. The lowest BCUT2D eigenvalue weighted by molar-refractivity contribution is -0.123. The average Bonchev–Trinajstić information content (AvgIpc) is 3.14. The lowest BCUT2D eigenvalue weighted by Crippen LogP contribution is -2.46. The largest absolute Gasteiger partial charge is 0.352 e. The normalized spacial score (nSPS) is 17.2. The molecule has 0 spiro atoms. The first kappa shape index (κ1) is 14.5. The van der Waals surface area contributed by atoms with Crippen LogP contribution in [-0.4, -0.2) is 24.5 Å². The van der Waals surface area contributed by atoms with E-state index in [-0.39, 0.29) is 11.9 Å². The zero-order chi connectivity index (χ0) is 12.7. The van der Waals surface area contributed by atoms with Crippen LogP contribution in [0.1, 0.15) is 59.3 Å². The van der Waals surface area contributed by atoms with Crippen molar-refractivity contribution in [2.45, 2.75) is 71.4 Å². The summed E-state index contributed by atoms with van der Waals surface area (Å²) in [7, 11) is 0. The van der Waals surface area contributed by atoms with E-state index in [0.29, 0.717) is 6.04 Å². The molecule has 0 aliphatic heterocycles. The van der Waals surface area contributed by atoms with Crippen LogP contribution >= 0.6 is 0 Å². The highest BCUT2D eigenvalue weighted by Gasteiger charge is 2.20. The molecule has 1 rings (SSSR count). The molecule has 1 saturated carbocycles. The molecule has 3 heteroatoms. The van der Waals surface area contributed by atoms with Crippen molar-refractivity contribution < 1.29 is 4.79 Å². The number of hydrogen-bond acceptors (Lipinski definition) is 2. The standard InChI is InChI=1S/C14H28N2O/c1-4-13(5-2)16-14(17)11(3)15-10-6-7-12-8-9-12/h11-13,15H,4-10H2,1-3H3,(H,16,17). The second kappa shape index (κ2) is 7.70. The van der Waals surface area contributed by atoms with Crippen LogP contribution in [0.4, 0.5) is 0 Å². The Morgan fingerprint density at radius 2 is 1.94 bits per heavy atom. The van der Waals surface area contributed by atoms with Gasteiger partial charge in [-0.25, -0.2) is 0 Å². The highest BCUT2D eigenvalue weighted by Crippen LogP contribution is 2.33. The summed E-state index contributed by atoms with van der Waals surface area (Å²) in [6.07, 6.45) is 7.39. The van der Waals surface area contributed by atoms with Gasteiger partial charge in [-0.3, -0.25) is 4.79 Å². The summed E-state index contributed by atoms with van der Waals surface area (Å²) in [6, 6.07) is 0.271. The number of nitrogens with one attached hydrogen (secondary N) is 2. The van der Waals surface area contributed by atoms with E-state index in [1.54, 1.807) is 0 Å². The van der Waals surface area contributed by atoms with Gasteiger partial charge < -0.3 is 10.6 Å². The zero-order valence-corrected chi connectivity index (χ0v) is 11.6. The lowest BCUT2D eigenvalue weighted by Gasteiger charge is -2.19. The van der Waals surface area contributed by atoms with Crippen LogP contribution in [0.15, 0.2) is 0 Å². The number of hydrogen-bond donors (Lipinski definition) is 2. The average molecular weight is 240 g/mol. The van der Waals surface area contributed by atoms with Gasteiger partial charge in [0.2, 0.25) is 5.91 Å². The second-order valence-corrected chi connectivity index (χ2v) is 5.28. The van der Waals surface area contributed by atoms with E-state index < -0.39 is 0 Å². The third-order valence-corrected chi connectivity index (χ3v) is 3.66. The summed E-state index contributed by atoms with van der Waals surface area (Å²) in [5.41, 5.74) is 0. The van der Waals surface area contributed by atoms with Crippen LogP contribution in [0.25, 0.3) is 0 Å². The summed E-state index contributed by atoms with van der Waals surface area (Å²) in [5, 5.41) is 6.38. The molecule has 3 nitrogen and oxygen atoms in total. The van der Waals surface area contributed by atoms with Gasteiger partial charge in [0.15, 0.2) is 0 Å². The van der Waals surface area contributed by atoms with Crippen LogP contribution in [0, 0.1) is 5.92 Å². The molecule has 0 aromatic carbocycles. The molecular weight excluding hydrogens is 212 g/mol. The quantitative estimate of drug-likeness (QED) is 0.608. The van der Waals surface area contributed by atoms with E-state index in [9.17, 15) is 4.79 Å². The molecule has 0 bridgehead atoms. The maximum atomic E-state index is 11.8. The van der Waals surface area contributed by atoms with Crippen LogP contribution in [0.3, 0.4) is 0 Å². The van der Waals surface area contributed by atoms with E-state index in [1.165, 1.54) is 25.7 Å². The summed E-state index contributed by atoms with van der Waals surface area (Å²) >= 11 is 0. The molecule has 100 valence electrons. The first-order chi connectivity index (χ1) is 8.17. The Balaban J connectivity index is 2.07. The van der Waals surface area contributed by atoms with Crippen molar-refractivity contribution in [2.24, 2.45) is 5.92 Å². The Kier molecular flexibility index (Phi) is 6.56. The van der Waals surface area contributed by atoms with Gasteiger partial charge >= 0.3 is 0 Å². The minimum Gasteiger partial charge on any atom is -0.352 e. The molecule has 1 fully saturated rings. The van der Waals surface area contributed by atoms with Crippen molar-refractivity contribution in [2.75, 3.05) is 6.54 Å². The van der Waals surface area contributed by atoms with Crippen molar-refractivity contribution >= 4 is 5.91 Å². The van der Waals surface area contributed by atoms with Crippen LogP contribution < -0.4 is 10.6 Å². The molecule has 0 saturated heterocycles. The van der Waals surface area contributed by atoms with Crippen LogP contribution in [0.5, 0.6) is 0 Å². The van der Waals surface area contributed by atoms with Gasteiger partial charge in [-0.15, -0.1) is 0 Å². The molecule has 17 heavy (non-hydrogen) atoms. The molecule has 0 radical (unpaired) electrons. The van der Waals surface area contributed by atoms with E-state index in [4.69, 9.17) is 0 Å². The fraction of sp³-hybridized carbons (Fsp3) is 0.929. The fourth-order valence-corrected chi connectivity index (χ4v) is 2.03. The van der Waals surface area contributed by atoms with Crippen LogP contribution in [-0.2, 0) is 4.79 Å². The first-order valence-electron chi connectivity index (χ1n) is 7.21. The van der Waals surface area contributed by atoms with Gasteiger partial charge in [0.1, 0.15) is 0 Å². The summed E-state index contributed by atoms with van der Waals surface area (Å²) in [6.45, 7) is 7.15. The lowest BCUT2D eigenvalue weighted by atomic mass is 10.1. The molecule has 1 aliphatic rings. The van der Waals surface area contributed by atoms with E-state index >= 15 is 0 Å². The fourth-order valence-electron chi connectivity index (χ4n) is 2.03. The maximum absolute atomic E-state index is 11.8. The highest BCUT2D eigenvalue weighted by molar-refractivity contribution is 5.81. The third kappa shape index (κ3) is 6.06. The smallest absolute Gasteiger partial charge is 0.237 e. The molecule has 0 aromatic heterocycles. The third-order valence-electron chi connectivity index (χ3n) is 3.66. The van der Waals surface area contributed by atoms with Gasteiger partial charge in [-0.05, 0) is 45.1 Å². The number of rotatable bonds is 9. The highest BCUT2D eigenvalue weighted by atomic mass is 16.2. The van der Waals surface area contributed by atoms with Gasteiger partial charge in [-0.1, -0.05) is 26.7 Å². The molecule has 0 aromatic rings. The van der Waals surface area contributed by atoms with E-state index in [1.807, 2.05) is 6.92 Å². The maximum Gasteiger partial charge on any atom is 0.237 e. The number of amides is 1. The van der Waals surface area contributed by atoms with Crippen molar-refractivity contribution in [1.82, 2.24) is 10.6 Å². The predicted molar refractivity (Wildman–Crippen MR) is 71.9 cm³/mol. The van der Waals surface area contributed by atoms with Crippen LogP contribution in [0.2, 0.25) is 0 Å². The first-order valence-corrected chi connectivity index (χ1v) is 7.21. The summed E-state index contributed by atoms with van der Waals surface area (Å²) in [5.74, 6) is 1.13. The van der Waals surface area contributed by atoms with E-state index in [2.05, 4.69) is 24.5 Å². The Bertz CT molecular complexity index is 222. The Hall–Kier alpha value is -0.570. The zero-order valence-electron chi connectivity index (χ0n) is 11.6. The Morgan fingerprint density at radius 3 is 2.47 bits per heavy atom. The predicted octanol–water partition coefficient (Wildman–Crippen LogP) is 2.46. The Morgan fingerprint density at radius 1 is 1.29 bits per heavy atom. The minimum atomic E-state index is -0.0604. The van der Waals surface area contributed by atoms with Gasteiger partial charge in [0.05, 0.1) is 6.04 Å². The summed E-state index contributed by atoms with van der Waals surface area (Å²) < 4.78 is 0. The monoisotopic (exact) mass is 240 g/mol. The second-order valence-electron chi connectivity index (χ2n) is 5.28. The van der Waals surface area contributed by atoms with Crippen molar-refractivity contribution in [3.05, 3.63) is 0 Å². The molecule has 0 heterocycles. The van der Waals surface area contributed by atoms with E-state index in [0.717, 1.165) is 25.3 Å². The molecule has 1 amide bonds. The van der Waals surface area contributed by atoms with Gasteiger partial charge in [0.25, 0.3) is 0 Å².